The third kappa shape index (κ3) is 2.84. The summed E-state index contributed by atoms with van der Waals surface area (Å²) in [6.45, 7) is 2.11. The first-order valence-corrected chi connectivity index (χ1v) is 5.03. The molecule has 1 heterocycles. The molecular formula is C10H17N3. The lowest BCUT2D eigenvalue weighted by Crippen LogP contribution is -2.14. The van der Waals surface area contributed by atoms with E-state index in [1.165, 1.54) is 24.8 Å². The molecule has 1 aromatic heterocycles. The molecule has 2 rings (SSSR count). The number of aromatic nitrogens is 2. The van der Waals surface area contributed by atoms with Gasteiger partial charge in [0.05, 0.1) is 6.20 Å². The monoisotopic (exact) mass is 179 g/mol. The van der Waals surface area contributed by atoms with Crippen LogP contribution in [0.4, 0.5) is 0 Å². The molecule has 1 fully saturated rings. The van der Waals surface area contributed by atoms with Gasteiger partial charge in [0.2, 0.25) is 0 Å². The van der Waals surface area contributed by atoms with Gasteiger partial charge in [-0.2, -0.15) is 5.10 Å². The third-order valence-corrected chi connectivity index (χ3v) is 2.51. The fourth-order valence-electron chi connectivity index (χ4n) is 1.51. The van der Waals surface area contributed by atoms with Crippen LogP contribution < -0.4 is 5.32 Å². The van der Waals surface area contributed by atoms with Crippen LogP contribution in [0.1, 0.15) is 24.8 Å². The van der Waals surface area contributed by atoms with Crippen LogP contribution in [0.15, 0.2) is 12.4 Å². The molecule has 1 aliphatic rings. The summed E-state index contributed by atoms with van der Waals surface area (Å²) in [4.78, 5) is 0. The highest BCUT2D eigenvalue weighted by Gasteiger charge is 2.19. The topological polar surface area (TPSA) is 29.9 Å². The number of hydrogen-bond acceptors (Lipinski definition) is 2. The molecule has 0 bridgehead atoms. The molecular weight excluding hydrogens is 162 g/mol. The Kier molecular flexibility index (Phi) is 2.64. The largest absolute Gasteiger partial charge is 0.313 e. The van der Waals surface area contributed by atoms with E-state index in [9.17, 15) is 0 Å². The maximum Gasteiger partial charge on any atom is 0.0534 e. The Morgan fingerprint density at radius 2 is 2.46 bits per heavy atom. The van der Waals surface area contributed by atoms with Gasteiger partial charge in [-0.05, 0) is 18.9 Å². The van der Waals surface area contributed by atoms with Gasteiger partial charge in [-0.15, -0.1) is 0 Å². The normalized spacial score (nSPS) is 16.4. The minimum atomic E-state index is 0.959. The average Bonchev–Trinajstić information content (AvgIpc) is 2.84. The van der Waals surface area contributed by atoms with Crippen molar-refractivity contribution in [1.82, 2.24) is 15.1 Å². The van der Waals surface area contributed by atoms with E-state index in [1.54, 1.807) is 0 Å². The first-order valence-electron chi connectivity index (χ1n) is 5.03. The molecule has 3 heteroatoms. The first kappa shape index (κ1) is 8.75. The number of nitrogens with one attached hydrogen (secondary N) is 1. The summed E-state index contributed by atoms with van der Waals surface area (Å²) < 4.78 is 1.85. The van der Waals surface area contributed by atoms with E-state index < -0.39 is 0 Å². The maximum absolute atomic E-state index is 4.12. The summed E-state index contributed by atoms with van der Waals surface area (Å²) in [5, 5.41) is 7.55. The predicted molar refractivity (Wildman–Crippen MR) is 52.3 cm³/mol. The summed E-state index contributed by atoms with van der Waals surface area (Å²) in [5.41, 5.74) is 1.28. The van der Waals surface area contributed by atoms with Crippen LogP contribution in [0.3, 0.4) is 0 Å². The van der Waals surface area contributed by atoms with Crippen molar-refractivity contribution in [3.05, 3.63) is 18.0 Å². The predicted octanol–water partition coefficient (Wildman–Crippen LogP) is 1.31. The lowest BCUT2D eigenvalue weighted by atomic mass is 10.3. The SMILES string of the molecule is Cn1cc(CNCCC2CC2)cn1. The van der Waals surface area contributed by atoms with Crippen LogP contribution in [0.5, 0.6) is 0 Å². The second kappa shape index (κ2) is 3.92. The summed E-state index contributed by atoms with van der Waals surface area (Å²) in [5.74, 6) is 1.03. The van der Waals surface area contributed by atoms with Crippen LogP contribution in [0.2, 0.25) is 0 Å². The zero-order valence-corrected chi connectivity index (χ0v) is 8.16. The van der Waals surface area contributed by atoms with Gasteiger partial charge >= 0.3 is 0 Å². The molecule has 0 spiro atoms. The second-order valence-electron chi connectivity index (χ2n) is 3.93. The van der Waals surface area contributed by atoms with Gasteiger partial charge in [-0.25, -0.2) is 0 Å². The van der Waals surface area contributed by atoms with E-state index in [4.69, 9.17) is 0 Å². The molecule has 0 radical (unpaired) electrons. The highest BCUT2D eigenvalue weighted by molar-refractivity contribution is 5.02. The Morgan fingerprint density at radius 1 is 1.62 bits per heavy atom. The Morgan fingerprint density at radius 3 is 3.08 bits per heavy atom. The number of hydrogen-bond donors (Lipinski definition) is 1. The Labute approximate surface area is 79.1 Å². The average molecular weight is 179 g/mol. The quantitative estimate of drug-likeness (QED) is 0.691. The van der Waals surface area contributed by atoms with E-state index in [0.29, 0.717) is 0 Å². The minimum absolute atomic E-state index is 0.959. The van der Waals surface area contributed by atoms with Crippen LogP contribution in [-0.4, -0.2) is 16.3 Å². The molecule has 1 N–H and O–H groups in total. The van der Waals surface area contributed by atoms with Gasteiger partial charge in [0.15, 0.2) is 0 Å². The van der Waals surface area contributed by atoms with E-state index in [0.717, 1.165) is 19.0 Å². The van der Waals surface area contributed by atoms with Crippen LogP contribution in [0.25, 0.3) is 0 Å². The minimum Gasteiger partial charge on any atom is -0.313 e. The van der Waals surface area contributed by atoms with Crippen LogP contribution >= 0.6 is 0 Å². The molecule has 1 saturated carbocycles. The van der Waals surface area contributed by atoms with E-state index >= 15 is 0 Å². The molecule has 0 unspecified atom stereocenters. The fourth-order valence-corrected chi connectivity index (χ4v) is 1.51. The molecule has 0 saturated heterocycles. The lowest BCUT2D eigenvalue weighted by molar-refractivity contribution is 0.612. The molecule has 0 amide bonds. The summed E-state index contributed by atoms with van der Waals surface area (Å²) >= 11 is 0. The van der Waals surface area contributed by atoms with Gasteiger partial charge in [-0.3, -0.25) is 4.68 Å². The van der Waals surface area contributed by atoms with Gasteiger partial charge in [0.25, 0.3) is 0 Å². The highest BCUT2D eigenvalue weighted by atomic mass is 15.2. The van der Waals surface area contributed by atoms with Gasteiger partial charge < -0.3 is 5.32 Å². The first-order chi connectivity index (χ1) is 6.34. The summed E-state index contributed by atoms with van der Waals surface area (Å²) in [6, 6.07) is 0. The standard InChI is InChI=1S/C10H17N3/c1-13-8-10(7-12-13)6-11-5-4-9-2-3-9/h7-9,11H,2-6H2,1H3. The number of rotatable bonds is 5. The van der Waals surface area contributed by atoms with Gasteiger partial charge in [-0.1, -0.05) is 12.8 Å². The van der Waals surface area contributed by atoms with Crippen molar-refractivity contribution in [3.63, 3.8) is 0 Å². The van der Waals surface area contributed by atoms with Crippen molar-refractivity contribution in [3.8, 4) is 0 Å². The highest BCUT2D eigenvalue weighted by Crippen LogP contribution is 2.31. The zero-order chi connectivity index (χ0) is 9.10. The Hall–Kier alpha value is -0.830. The molecule has 3 nitrogen and oxygen atoms in total. The fraction of sp³-hybridized carbons (Fsp3) is 0.700. The Balaban J connectivity index is 1.61. The van der Waals surface area contributed by atoms with Gasteiger partial charge in [0.1, 0.15) is 0 Å². The summed E-state index contributed by atoms with van der Waals surface area (Å²) in [7, 11) is 1.95. The van der Waals surface area contributed by atoms with Crippen molar-refractivity contribution >= 4 is 0 Å². The summed E-state index contributed by atoms with van der Waals surface area (Å²) in [6.07, 6.45) is 8.23. The third-order valence-electron chi connectivity index (χ3n) is 2.51. The van der Waals surface area contributed by atoms with Crippen LogP contribution in [-0.2, 0) is 13.6 Å². The number of nitrogens with zero attached hydrogens (tertiary/aromatic N) is 2. The Bertz CT molecular complexity index is 263. The zero-order valence-electron chi connectivity index (χ0n) is 8.16. The van der Waals surface area contributed by atoms with E-state index in [2.05, 4.69) is 16.6 Å². The molecule has 1 aliphatic carbocycles. The van der Waals surface area contributed by atoms with Crippen molar-refractivity contribution in [1.29, 1.82) is 0 Å². The van der Waals surface area contributed by atoms with Crippen molar-refractivity contribution in [2.75, 3.05) is 6.54 Å². The van der Waals surface area contributed by atoms with Gasteiger partial charge in [0, 0.05) is 25.4 Å². The van der Waals surface area contributed by atoms with Crippen molar-refractivity contribution in [2.45, 2.75) is 25.8 Å². The smallest absolute Gasteiger partial charge is 0.0534 e. The van der Waals surface area contributed by atoms with Crippen molar-refractivity contribution < 1.29 is 0 Å². The number of aryl methyl sites for hydroxylation is 1. The maximum atomic E-state index is 4.12. The van der Waals surface area contributed by atoms with Crippen LogP contribution in [0, 0.1) is 5.92 Å². The molecule has 0 aliphatic heterocycles. The molecule has 1 aromatic rings. The second-order valence-corrected chi connectivity index (χ2v) is 3.93. The molecule has 72 valence electrons. The van der Waals surface area contributed by atoms with Crippen molar-refractivity contribution in [2.24, 2.45) is 13.0 Å². The van der Waals surface area contributed by atoms with E-state index in [1.807, 2.05) is 17.9 Å². The molecule has 13 heavy (non-hydrogen) atoms. The van der Waals surface area contributed by atoms with E-state index in [-0.39, 0.29) is 0 Å². The molecule has 0 aromatic carbocycles. The molecule has 0 atom stereocenters. The lowest BCUT2D eigenvalue weighted by Gasteiger charge is -2.00.